The van der Waals surface area contributed by atoms with E-state index in [1.807, 2.05) is 25.1 Å². The molecule has 3 aromatic rings. The van der Waals surface area contributed by atoms with Gasteiger partial charge in [-0.15, -0.1) is 0 Å². The van der Waals surface area contributed by atoms with Crippen LogP contribution in [0.4, 0.5) is 0 Å². The van der Waals surface area contributed by atoms with Crippen molar-refractivity contribution >= 4 is 28.1 Å². The maximum absolute atomic E-state index is 12.7. The number of benzene rings is 1. The van der Waals surface area contributed by atoms with Crippen LogP contribution in [0, 0.1) is 6.92 Å². The average Bonchev–Trinajstić information content (AvgIpc) is 3.27. The molecule has 0 fully saturated rings. The first-order chi connectivity index (χ1) is 12.1. The van der Waals surface area contributed by atoms with Gasteiger partial charge in [0.05, 0.1) is 11.6 Å². The van der Waals surface area contributed by atoms with Gasteiger partial charge in [-0.2, -0.15) is 16.4 Å². The van der Waals surface area contributed by atoms with E-state index < -0.39 is 0 Å². The monoisotopic (exact) mass is 356 g/mol. The van der Waals surface area contributed by atoms with Gasteiger partial charge in [-0.1, -0.05) is 25.5 Å². The molecule has 5 nitrogen and oxygen atoms in total. The van der Waals surface area contributed by atoms with Crippen LogP contribution < -0.4 is 5.32 Å². The molecule has 0 saturated carbocycles. The van der Waals surface area contributed by atoms with Crippen molar-refractivity contribution in [2.45, 2.75) is 26.8 Å². The van der Waals surface area contributed by atoms with Crippen LogP contribution in [0.25, 0.3) is 10.9 Å². The largest absolute Gasteiger partial charge is 0.349 e. The lowest BCUT2D eigenvalue weighted by atomic mass is 10.1. The van der Waals surface area contributed by atoms with E-state index >= 15 is 0 Å². The zero-order valence-corrected chi connectivity index (χ0v) is 15.7. The molecule has 1 amide bonds. The van der Waals surface area contributed by atoms with Gasteiger partial charge in [0, 0.05) is 11.9 Å². The fourth-order valence-corrected chi connectivity index (χ4v) is 3.87. The minimum atomic E-state index is -0.135. The molecule has 0 aliphatic heterocycles. The molecule has 1 aromatic carbocycles. The van der Waals surface area contributed by atoms with Crippen molar-refractivity contribution in [3.63, 3.8) is 0 Å². The summed E-state index contributed by atoms with van der Waals surface area (Å²) in [6.45, 7) is 8.76. The highest BCUT2D eigenvalue weighted by Gasteiger charge is 2.21. The number of aromatic nitrogens is 2. The molecule has 2 N–H and O–H groups in total. The summed E-state index contributed by atoms with van der Waals surface area (Å²) in [5, 5.41) is 15.3. The second kappa shape index (κ2) is 7.80. The van der Waals surface area contributed by atoms with Crippen LogP contribution in [0.1, 0.15) is 41.5 Å². The third-order valence-corrected chi connectivity index (χ3v) is 5.27. The van der Waals surface area contributed by atoms with E-state index in [0.717, 1.165) is 29.6 Å². The number of likely N-dealkylation sites (N-methyl/N-ethyl adjacent to an activating group) is 1. The van der Waals surface area contributed by atoms with Crippen molar-refractivity contribution in [2.75, 3.05) is 19.6 Å². The average molecular weight is 356 g/mol. The molecule has 0 radical (unpaired) electrons. The van der Waals surface area contributed by atoms with Crippen molar-refractivity contribution < 1.29 is 4.79 Å². The van der Waals surface area contributed by atoms with Crippen molar-refractivity contribution in [1.82, 2.24) is 20.4 Å². The third-order valence-electron chi connectivity index (χ3n) is 4.57. The van der Waals surface area contributed by atoms with Crippen molar-refractivity contribution in [1.29, 1.82) is 0 Å². The molecule has 0 saturated heterocycles. The predicted molar refractivity (Wildman–Crippen MR) is 103 cm³/mol. The first-order valence-corrected chi connectivity index (χ1v) is 9.57. The number of aryl methyl sites for hydroxylation is 1. The van der Waals surface area contributed by atoms with E-state index in [0.29, 0.717) is 12.2 Å². The lowest BCUT2D eigenvalue weighted by molar-refractivity contribution is 0.0931. The zero-order valence-electron chi connectivity index (χ0n) is 14.9. The summed E-state index contributed by atoms with van der Waals surface area (Å²) in [5.74, 6) is -0.135. The maximum Gasteiger partial charge on any atom is 0.272 e. The number of hydrogen-bond donors (Lipinski definition) is 2. The molecular weight excluding hydrogens is 332 g/mol. The molecular formula is C19H24N4OS. The molecule has 3 rings (SSSR count). The molecule has 0 aliphatic carbocycles. The molecule has 1 atom stereocenters. The summed E-state index contributed by atoms with van der Waals surface area (Å²) in [6.07, 6.45) is 0. The molecule has 6 heteroatoms. The number of rotatable bonds is 7. The molecule has 0 aliphatic rings. The molecule has 25 heavy (non-hydrogen) atoms. The van der Waals surface area contributed by atoms with Gasteiger partial charge in [-0.25, -0.2) is 0 Å². The summed E-state index contributed by atoms with van der Waals surface area (Å²) in [5.41, 5.74) is 3.70. The van der Waals surface area contributed by atoms with Gasteiger partial charge >= 0.3 is 0 Å². The van der Waals surface area contributed by atoms with Crippen LogP contribution in [-0.4, -0.2) is 40.6 Å². The molecule has 0 spiro atoms. The predicted octanol–water partition coefficient (Wildman–Crippen LogP) is 3.75. The van der Waals surface area contributed by atoms with E-state index in [4.69, 9.17) is 0 Å². The number of aromatic amines is 1. The fraction of sp³-hybridized carbons (Fsp3) is 0.368. The molecule has 132 valence electrons. The van der Waals surface area contributed by atoms with Crippen LogP contribution in [0.5, 0.6) is 0 Å². The van der Waals surface area contributed by atoms with E-state index in [-0.39, 0.29) is 11.9 Å². The summed E-state index contributed by atoms with van der Waals surface area (Å²) < 4.78 is 0. The second-order valence-electron chi connectivity index (χ2n) is 6.12. The van der Waals surface area contributed by atoms with Crippen LogP contribution in [0.3, 0.4) is 0 Å². The fourth-order valence-electron chi connectivity index (χ4n) is 3.16. The quantitative estimate of drug-likeness (QED) is 0.678. The van der Waals surface area contributed by atoms with Gasteiger partial charge in [0.1, 0.15) is 0 Å². The smallest absolute Gasteiger partial charge is 0.272 e. The standard InChI is InChI=1S/C19H24N4OS/c1-4-23(5-2)17(14-8-9-25-12-14)11-20-19(24)18-15-10-13(3)6-7-16(15)21-22-18/h6-10,12,17H,4-5,11H2,1-3H3,(H,20,24)(H,21,22). The number of nitrogens with one attached hydrogen (secondary N) is 2. The Morgan fingerprint density at radius 3 is 2.80 bits per heavy atom. The van der Waals surface area contributed by atoms with Gasteiger partial charge in [0.25, 0.3) is 5.91 Å². The summed E-state index contributed by atoms with van der Waals surface area (Å²) >= 11 is 1.69. The Morgan fingerprint density at radius 1 is 1.32 bits per heavy atom. The lowest BCUT2D eigenvalue weighted by Gasteiger charge is -2.29. The Labute approximate surface area is 152 Å². The van der Waals surface area contributed by atoms with Crippen molar-refractivity contribution in [2.24, 2.45) is 0 Å². The number of fused-ring (bicyclic) bond motifs is 1. The maximum atomic E-state index is 12.7. The number of hydrogen-bond acceptors (Lipinski definition) is 4. The summed E-state index contributed by atoms with van der Waals surface area (Å²) in [7, 11) is 0. The third kappa shape index (κ3) is 3.75. The number of carbonyl (C=O) groups is 1. The van der Waals surface area contributed by atoms with E-state index in [9.17, 15) is 4.79 Å². The minimum Gasteiger partial charge on any atom is -0.349 e. The lowest BCUT2D eigenvalue weighted by Crippen LogP contribution is -2.38. The van der Waals surface area contributed by atoms with Gasteiger partial charge in [0.15, 0.2) is 5.69 Å². The summed E-state index contributed by atoms with van der Waals surface area (Å²) in [6, 6.07) is 8.27. The van der Waals surface area contributed by atoms with Crippen LogP contribution in [-0.2, 0) is 0 Å². The van der Waals surface area contributed by atoms with E-state index in [1.165, 1.54) is 5.56 Å². The normalized spacial score (nSPS) is 12.6. The van der Waals surface area contributed by atoms with Crippen molar-refractivity contribution in [3.05, 3.63) is 51.8 Å². The van der Waals surface area contributed by atoms with Crippen LogP contribution in [0.15, 0.2) is 35.0 Å². The van der Waals surface area contributed by atoms with Crippen molar-refractivity contribution in [3.8, 4) is 0 Å². The van der Waals surface area contributed by atoms with E-state index in [1.54, 1.807) is 11.3 Å². The minimum absolute atomic E-state index is 0.135. The van der Waals surface area contributed by atoms with Gasteiger partial charge in [-0.3, -0.25) is 14.8 Å². The SMILES string of the molecule is CCN(CC)C(CNC(=O)c1n[nH]c2ccc(C)cc12)c1ccsc1. The number of amides is 1. The number of thiophene rings is 1. The first-order valence-electron chi connectivity index (χ1n) is 8.63. The number of H-pyrrole nitrogens is 1. The Kier molecular flexibility index (Phi) is 5.50. The Morgan fingerprint density at radius 2 is 2.12 bits per heavy atom. The highest BCUT2D eigenvalue weighted by atomic mass is 32.1. The molecule has 2 heterocycles. The number of nitrogens with zero attached hydrogens (tertiary/aromatic N) is 2. The van der Waals surface area contributed by atoms with E-state index in [2.05, 4.69) is 51.1 Å². The molecule has 2 aromatic heterocycles. The summed E-state index contributed by atoms with van der Waals surface area (Å²) in [4.78, 5) is 15.1. The topological polar surface area (TPSA) is 61.0 Å². The Bertz CT molecular complexity index is 836. The zero-order chi connectivity index (χ0) is 17.8. The Balaban J connectivity index is 1.78. The highest BCUT2D eigenvalue weighted by molar-refractivity contribution is 7.07. The first kappa shape index (κ1) is 17.6. The van der Waals surface area contributed by atoms with Gasteiger partial charge < -0.3 is 5.32 Å². The Hall–Kier alpha value is -2.18. The highest BCUT2D eigenvalue weighted by Crippen LogP contribution is 2.23. The number of carbonyl (C=O) groups excluding carboxylic acids is 1. The van der Waals surface area contributed by atoms with Gasteiger partial charge in [0.2, 0.25) is 0 Å². The second-order valence-corrected chi connectivity index (χ2v) is 6.91. The van der Waals surface area contributed by atoms with Crippen LogP contribution >= 0.6 is 11.3 Å². The van der Waals surface area contributed by atoms with Crippen LogP contribution in [0.2, 0.25) is 0 Å². The molecule has 1 unspecified atom stereocenters. The van der Waals surface area contributed by atoms with Gasteiger partial charge in [-0.05, 0) is 54.5 Å². The molecule has 0 bridgehead atoms.